The van der Waals surface area contributed by atoms with Crippen LogP contribution < -0.4 is 4.74 Å². The largest absolute Gasteiger partial charge is 0.497 e. The summed E-state index contributed by atoms with van der Waals surface area (Å²) in [6.45, 7) is 3.09. The number of hydrogen-bond acceptors (Lipinski definition) is 3. The molecular weight excluding hydrogens is 269 g/mol. The van der Waals surface area contributed by atoms with Crippen LogP contribution in [0.25, 0.3) is 0 Å². The third kappa shape index (κ3) is 13.0. The molecule has 1 aromatic rings. The molecule has 0 aromatic heterocycles. The number of phosphoric acid groups is 1. The molecule has 0 atom stereocenters. The van der Waals surface area contributed by atoms with Crippen LogP contribution in [-0.2, 0) is 4.57 Å². The fourth-order valence-electron chi connectivity index (χ4n) is 1.11. The molecule has 0 radical (unpaired) electrons. The summed E-state index contributed by atoms with van der Waals surface area (Å²) in [5.41, 5.74) is 1.13. The highest BCUT2D eigenvalue weighted by Crippen LogP contribution is 2.25. The molecule has 0 aliphatic heterocycles. The van der Waals surface area contributed by atoms with Crippen LogP contribution >= 0.6 is 7.82 Å². The van der Waals surface area contributed by atoms with Crippen molar-refractivity contribution in [3.05, 3.63) is 29.8 Å². The maximum Gasteiger partial charge on any atom is 0.466 e. The maximum atomic E-state index is 8.88. The van der Waals surface area contributed by atoms with Crippen molar-refractivity contribution in [3.8, 4) is 5.75 Å². The third-order valence-corrected chi connectivity index (χ3v) is 2.00. The first-order valence-corrected chi connectivity index (χ1v) is 7.35. The Hall–Kier alpha value is -1.20. The van der Waals surface area contributed by atoms with Gasteiger partial charge in [-0.2, -0.15) is 0 Å². The van der Waals surface area contributed by atoms with Gasteiger partial charge in [0.25, 0.3) is 0 Å². The van der Waals surface area contributed by atoms with E-state index in [9.17, 15) is 0 Å². The van der Waals surface area contributed by atoms with Crippen LogP contribution in [0, 0.1) is 0 Å². The Morgan fingerprint density at radius 2 is 1.79 bits per heavy atom. The number of rotatable bonds is 5. The lowest BCUT2D eigenvalue weighted by Crippen LogP contribution is -1.86. The summed E-state index contributed by atoms with van der Waals surface area (Å²) in [5, 5.41) is 0. The molecule has 0 spiro atoms. The summed E-state index contributed by atoms with van der Waals surface area (Å²) < 4.78 is 13.9. The standard InChI is InChI=1S/C12H17NO.H3O4P/c1-3-4-9-13-10-11-5-7-12(14-2)8-6-11;1-5(2,3)4/h5-8,10H,3-4,9H2,1-2H3;(H3,1,2,3,4). The second kappa shape index (κ2) is 9.69. The zero-order chi connectivity index (χ0) is 14.7. The SMILES string of the molecule is CCCCN=Cc1ccc(OC)cc1.O=P(O)(O)O. The predicted molar refractivity (Wildman–Crippen MR) is 74.6 cm³/mol. The van der Waals surface area contributed by atoms with Gasteiger partial charge in [-0.15, -0.1) is 0 Å². The number of ether oxygens (including phenoxy) is 1. The average Bonchev–Trinajstić information content (AvgIpc) is 2.33. The number of unbranched alkanes of at least 4 members (excludes halogenated alkanes) is 1. The van der Waals surface area contributed by atoms with Gasteiger partial charge < -0.3 is 19.4 Å². The molecule has 0 amide bonds. The van der Waals surface area contributed by atoms with Crippen LogP contribution in [0.4, 0.5) is 0 Å². The van der Waals surface area contributed by atoms with E-state index in [0.29, 0.717) is 0 Å². The molecule has 3 N–H and O–H groups in total. The van der Waals surface area contributed by atoms with Crippen LogP contribution in [-0.4, -0.2) is 34.5 Å². The normalized spacial score (nSPS) is 11.0. The highest BCUT2D eigenvalue weighted by Gasteiger charge is 2.00. The molecule has 1 aromatic carbocycles. The van der Waals surface area contributed by atoms with Crippen molar-refractivity contribution in [1.29, 1.82) is 0 Å². The Kier molecular flexibility index (Phi) is 9.08. The molecule has 0 bridgehead atoms. The summed E-state index contributed by atoms with van der Waals surface area (Å²) >= 11 is 0. The number of benzene rings is 1. The quantitative estimate of drug-likeness (QED) is 0.437. The highest BCUT2D eigenvalue weighted by molar-refractivity contribution is 7.45. The Morgan fingerprint density at radius 1 is 1.26 bits per heavy atom. The second-order valence-electron chi connectivity index (χ2n) is 3.68. The van der Waals surface area contributed by atoms with Crippen LogP contribution in [0.2, 0.25) is 0 Å². The molecule has 0 aliphatic carbocycles. The molecule has 0 unspecified atom stereocenters. The molecule has 0 saturated heterocycles. The fourth-order valence-corrected chi connectivity index (χ4v) is 1.11. The summed E-state index contributed by atoms with van der Waals surface area (Å²) in [4.78, 5) is 25.9. The van der Waals surface area contributed by atoms with Crippen molar-refractivity contribution < 1.29 is 24.0 Å². The number of hydrogen-bond donors (Lipinski definition) is 3. The molecule has 6 nitrogen and oxygen atoms in total. The molecule has 1 rings (SSSR count). The van der Waals surface area contributed by atoms with Crippen LogP contribution in [0.15, 0.2) is 29.3 Å². The molecule has 0 heterocycles. The van der Waals surface area contributed by atoms with Gasteiger partial charge in [0.05, 0.1) is 7.11 Å². The lowest BCUT2D eigenvalue weighted by molar-refractivity contribution is 0.275. The molecule has 0 fully saturated rings. The Morgan fingerprint density at radius 3 is 2.21 bits per heavy atom. The van der Waals surface area contributed by atoms with Gasteiger partial charge in [0.2, 0.25) is 0 Å². The van der Waals surface area contributed by atoms with E-state index in [1.165, 1.54) is 6.42 Å². The number of nitrogens with zero attached hydrogens (tertiary/aromatic N) is 1. The number of methoxy groups -OCH3 is 1. The van der Waals surface area contributed by atoms with E-state index >= 15 is 0 Å². The van der Waals surface area contributed by atoms with Gasteiger partial charge in [0.15, 0.2) is 0 Å². The number of aliphatic imine (C=N–C) groups is 1. The van der Waals surface area contributed by atoms with Crippen molar-refractivity contribution in [2.75, 3.05) is 13.7 Å². The van der Waals surface area contributed by atoms with E-state index in [1.54, 1.807) is 7.11 Å². The van der Waals surface area contributed by atoms with E-state index in [2.05, 4.69) is 11.9 Å². The monoisotopic (exact) mass is 289 g/mol. The summed E-state index contributed by atoms with van der Waals surface area (Å²) in [5.74, 6) is 0.885. The lowest BCUT2D eigenvalue weighted by Gasteiger charge is -1.98. The first-order chi connectivity index (χ1) is 8.86. The van der Waals surface area contributed by atoms with Gasteiger partial charge in [0.1, 0.15) is 5.75 Å². The van der Waals surface area contributed by atoms with Crippen molar-refractivity contribution >= 4 is 14.0 Å². The minimum absolute atomic E-state index is 0.885. The molecule has 0 aliphatic rings. The van der Waals surface area contributed by atoms with Crippen molar-refractivity contribution in [3.63, 3.8) is 0 Å². The minimum atomic E-state index is -4.64. The maximum absolute atomic E-state index is 8.88. The Bertz CT molecular complexity index is 404. The van der Waals surface area contributed by atoms with Crippen LogP contribution in [0.1, 0.15) is 25.3 Å². The van der Waals surface area contributed by atoms with E-state index in [4.69, 9.17) is 24.0 Å². The first-order valence-electron chi connectivity index (χ1n) is 5.79. The van der Waals surface area contributed by atoms with Crippen molar-refractivity contribution in [2.45, 2.75) is 19.8 Å². The van der Waals surface area contributed by atoms with Gasteiger partial charge in [0, 0.05) is 12.8 Å². The zero-order valence-electron chi connectivity index (χ0n) is 11.1. The van der Waals surface area contributed by atoms with Gasteiger partial charge >= 0.3 is 7.82 Å². The Balaban J connectivity index is 0.000000555. The van der Waals surface area contributed by atoms with Crippen LogP contribution in [0.3, 0.4) is 0 Å². The third-order valence-electron chi connectivity index (χ3n) is 2.00. The minimum Gasteiger partial charge on any atom is -0.497 e. The lowest BCUT2D eigenvalue weighted by atomic mass is 10.2. The van der Waals surface area contributed by atoms with E-state index in [1.807, 2.05) is 30.5 Å². The van der Waals surface area contributed by atoms with Crippen molar-refractivity contribution in [1.82, 2.24) is 0 Å². The highest BCUT2D eigenvalue weighted by atomic mass is 31.2. The topological polar surface area (TPSA) is 99.4 Å². The van der Waals surface area contributed by atoms with Crippen molar-refractivity contribution in [2.24, 2.45) is 4.99 Å². The summed E-state index contributed by atoms with van der Waals surface area (Å²) in [7, 11) is -2.97. The molecule has 108 valence electrons. The van der Waals surface area contributed by atoms with Crippen LogP contribution in [0.5, 0.6) is 5.75 Å². The Labute approximate surface area is 113 Å². The predicted octanol–water partition coefficient (Wildman–Crippen LogP) is 1.99. The summed E-state index contributed by atoms with van der Waals surface area (Å²) in [6.07, 6.45) is 4.27. The molecule has 7 heteroatoms. The van der Waals surface area contributed by atoms with Gasteiger partial charge in [-0.05, 0) is 36.2 Å². The molecular formula is C12H20NO5P. The molecule has 0 saturated carbocycles. The van der Waals surface area contributed by atoms with Gasteiger partial charge in [-0.3, -0.25) is 4.99 Å². The smallest absolute Gasteiger partial charge is 0.466 e. The van der Waals surface area contributed by atoms with Gasteiger partial charge in [-0.1, -0.05) is 13.3 Å². The zero-order valence-corrected chi connectivity index (χ0v) is 12.0. The van der Waals surface area contributed by atoms with E-state index in [0.717, 1.165) is 24.3 Å². The first kappa shape index (κ1) is 17.8. The molecule has 19 heavy (non-hydrogen) atoms. The van der Waals surface area contributed by atoms with E-state index in [-0.39, 0.29) is 0 Å². The van der Waals surface area contributed by atoms with E-state index < -0.39 is 7.82 Å². The fraction of sp³-hybridized carbons (Fsp3) is 0.417. The second-order valence-corrected chi connectivity index (χ2v) is 4.70. The average molecular weight is 289 g/mol. The summed E-state index contributed by atoms with van der Waals surface area (Å²) in [6, 6.07) is 7.91. The van der Waals surface area contributed by atoms with Gasteiger partial charge in [-0.25, -0.2) is 4.57 Å².